The van der Waals surface area contributed by atoms with Gasteiger partial charge in [0, 0.05) is 11.8 Å². The number of hydrogen-bond acceptors (Lipinski definition) is 6. The van der Waals surface area contributed by atoms with Gasteiger partial charge in [-0.15, -0.1) is 0 Å². The van der Waals surface area contributed by atoms with E-state index >= 15 is 0 Å². The van der Waals surface area contributed by atoms with Crippen LogP contribution in [-0.4, -0.2) is 49.6 Å². The number of nitrogens with zero attached hydrogens (tertiary/aromatic N) is 3. The lowest BCUT2D eigenvalue weighted by atomic mass is 10.1. The summed E-state index contributed by atoms with van der Waals surface area (Å²) in [5.74, 6) is -0.133. The summed E-state index contributed by atoms with van der Waals surface area (Å²) >= 11 is 0. The number of aromatic nitrogens is 3. The van der Waals surface area contributed by atoms with Gasteiger partial charge < -0.3 is 20.7 Å². The van der Waals surface area contributed by atoms with Gasteiger partial charge in [-0.25, -0.2) is 4.39 Å². The fourth-order valence-corrected chi connectivity index (χ4v) is 2.31. The number of anilines is 1. The standard InChI is InChI=1S/C11H12F2N4O3/c12-7-8(19)5(3-18)20-9(7)4-1-6-15-10(13)16-11(14)17(6)2-4/h1-2,5,7-9,18-19H,3H2,(H2,14,15,16)/t5-,7-,8-,9+/m1/s1. The average molecular weight is 286 g/mol. The second-order valence-electron chi connectivity index (χ2n) is 4.57. The molecule has 3 rings (SSSR count). The van der Waals surface area contributed by atoms with Crippen LogP contribution in [0.4, 0.5) is 14.7 Å². The van der Waals surface area contributed by atoms with E-state index in [1.165, 1.54) is 16.7 Å². The minimum Gasteiger partial charge on any atom is -0.394 e. The maximum absolute atomic E-state index is 14.0. The Morgan fingerprint density at radius 2 is 2.20 bits per heavy atom. The highest BCUT2D eigenvalue weighted by atomic mass is 19.1. The molecule has 0 bridgehead atoms. The van der Waals surface area contributed by atoms with Crippen molar-refractivity contribution < 1.29 is 23.7 Å². The monoisotopic (exact) mass is 286 g/mol. The van der Waals surface area contributed by atoms with Gasteiger partial charge in [0.25, 0.3) is 0 Å². The molecule has 20 heavy (non-hydrogen) atoms. The Hall–Kier alpha value is -1.84. The van der Waals surface area contributed by atoms with Gasteiger partial charge in [0.15, 0.2) is 6.17 Å². The Kier molecular flexibility index (Phi) is 3.04. The van der Waals surface area contributed by atoms with Crippen molar-refractivity contribution in [1.82, 2.24) is 14.4 Å². The molecule has 0 aliphatic carbocycles. The van der Waals surface area contributed by atoms with E-state index in [1.807, 2.05) is 0 Å². The van der Waals surface area contributed by atoms with Crippen molar-refractivity contribution in [3.05, 3.63) is 23.9 Å². The van der Waals surface area contributed by atoms with Crippen molar-refractivity contribution in [2.75, 3.05) is 12.3 Å². The van der Waals surface area contributed by atoms with Gasteiger partial charge in [0.1, 0.15) is 24.0 Å². The first kappa shape index (κ1) is 13.2. The molecular formula is C11H12F2N4O3. The quantitative estimate of drug-likeness (QED) is 0.692. The molecule has 0 saturated carbocycles. The van der Waals surface area contributed by atoms with E-state index in [4.69, 9.17) is 15.6 Å². The molecule has 1 aliphatic heterocycles. The highest BCUT2D eigenvalue weighted by Gasteiger charge is 2.44. The minimum atomic E-state index is -1.71. The summed E-state index contributed by atoms with van der Waals surface area (Å²) in [7, 11) is 0. The molecule has 2 aromatic heterocycles. The Bertz CT molecular complexity index is 650. The van der Waals surface area contributed by atoms with E-state index < -0.39 is 37.2 Å². The van der Waals surface area contributed by atoms with Crippen molar-refractivity contribution in [2.45, 2.75) is 24.5 Å². The number of ether oxygens (including phenoxy) is 1. The highest BCUT2D eigenvalue weighted by Crippen LogP contribution is 2.36. The number of halogens is 2. The van der Waals surface area contributed by atoms with E-state index in [0.29, 0.717) is 5.56 Å². The normalized spacial score (nSPS) is 30.2. The molecule has 9 heteroatoms. The minimum absolute atomic E-state index is 0.133. The molecule has 0 unspecified atom stereocenters. The smallest absolute Gasteiger partial charge is 0.313 e. The van der Waals surface area contributed by atoms with Crippen molar-refractivity contribution in [1.29, 1.82) is 0 Å². The molecule has 1 aliphatic rings. The second kappa shape index (κ2) is 4.62. The molecule has 1 fully saturated rings. The van der Waals surface area contributed by atoms with E-state index in [-0.39, 0.29) is 11.6 Å². The zero-order chi connectivity index (χ0) is 14.4. The predicted molar refractivity (Wildman–Crippen MR) is 63.0 cm³/mol. The van der Waals surface area contributed by atoms with Gasteiger partial charge in [-0.1, -0.05) is 0 Å². The molecule has 0 radical (unpaired) electrons. The largest absolute Gasteiger partial charge is 0.394 e. The molecule has 2 aromatic rings. The fraction of sp³-hybridized carbons (Fsp3) is 0.455. The van der Waals surface area contributed by atoms with Crippen LogP contribution < -0.4 is 5.73 Å². The first-order valence-corrected chi connectivity index (χ1v) is 5.90. The van der Waals surface area contributed by atoms with Gasteiger partial charge in [0.2, 0.25) is 5.95 Å². The van der Waals surface area contributed by atoms with E-state index in [2.05, 4.69) is 9.97 Å². The van der Waals surface area contributed by atoms with Crippen molar-refractivity contribution in [3.63, 3.8) is 0 Å². The first-order valence-electron chi connectivity index (χ1n) is 5.90. The van der Waals surface area contributed by atoms with E-state index in [0.717, 1.165) is 0 Å². The number of nitrogens with two attached hydrogens (primary N) is 1. The summed E-state index contributed by atoms with van der Waals surface area (Å²) in [6.45, 7) is -0.498. The number of alkyl halides is 1. The SMILES string of the molecule is Nc1nc(F)nc2cc([C@@H]3O[C@H](CO)[C@@H](O)[C@H]3F)cn12. The van der Waals surface area contributed by atoms with Gasteiger partial charge in [-0.05, 0) is 6.07 Å². The zero-order valence-corrected chi connectivity index (χ0v) is 10.1. The number of fused-ring (bicyclic) bond motifs is 1. The van der Waals surface area contributed by atoms with Crippen LogP contribution in [0.2, 0.25) is 0 Å². The number of aliphatic hydroxyl groups is 2. The lowest BCUT2D eigenvalue weighted by molar-refractivity contribution is -0.0225. The second-order valence-corrected chi connectivity index (χ2v) is 4.57. The molecule has 0 spiro atoms. The molecule has 7 nitrogen and oxygen atoms in total. The van der Waals surface area contributed by atoms with Gasteiger partial charge >= 0.3 is 6.08 Å². The van der Waals surface area contributed by atoms with Crippen LogP contribution in [0.15, 0.2) is 12.3 Å². The topological polar surface area (TPSA) is 106 Å². The Morgan fingerprint density at radius 1 is 1.45 bits per heavy atom. The molecule has 0 aromatic carbocycles. The van der Waals surface area contributed by atoms with Crippen LogP contribution in [0.3, 0.4) is 0 Å². The van der Waals surface area contributed by atoms with Crippen molar-refractivity contribution in [3.8, 4) is 0 Å². The van der Waals surface area contributed by atoms with Crippen LogP contribution in [0.1, 0.15) is 11.7 Å². The van der Waals surface area contributed by atoms with Crippen LogP contribution in [0.5, 0.6) is 0 Å². The third-order valence-electron chi connectivity index (χ3n) is 3.31. The lowest BCUT2D eigenvalue weighted by Gasteiger charge is -2.10. The maximum atomic E-state index is 14.0. The number of aliphatic hydroxyl groups excluding tert-OH is 2. The molecule has 108 valence electrons. The fourth-order valence-electron chi connectivity index (χ4n) is 2.31. The number of hydrogen-bond donors (Lipinski definition) is 3. The van der Waals surface area contributed by atoms with Gasteiger partial charge in [-0.2, -0.15) is 14.4 Å². The van der Waals surface area contributed by atoms with Crippen LogP contribution in [0.25, 0.3) is 5.65 Å². The molecule has 4 atom stereocenters. The predicted octanol–water partition coefficient (Wildman–Crippen LogP) is -0.418. The summed E-state index contributed by atoms with van der Waals surface area (Å²) in [5.41, 5.74) is 6.02. The average Bonchev–Trinajstić information content (AvgIpc) is 2.93. The summed E-state index contributed by atoms with van der Waals surface area (Å²) in [6, 6.07) is 1.39. The number of nitrogen functional groups attached to an aromatic ring is 1. The van der Waals surface area contributed by atoms with Crippen LogP contribution in [-0.2, 0) is 4.74 Å². The van der Waals surface area contributed by atoms with Gasteiger partial charge in [-0.3, -0.25) is 4.40 Å². The Labute approximate surface area is 111 Å². The Morgan fingerprint density at radius 3 is 2.85 bits per heavy atom. The first-order chi connectivity index (χ1) is 9.51. The van der Waals surface area contributed by atoms with E-state index in [9.17, 15) is 13.9 Å². The summed E-state index contributed by atoms with van der Waals surface area (Å²) in [4.78, 5) is 6.87. The lowest BCUT2D eigenvalue weighted by Crippen LogP contribution is -2.30. The third kappa shape index (κ3) is 1.90. The molecule has 1 saturated heterocycles. The summed E-state index contributed by atoms with van der Waals surface area (Å²) < 4.78 is 33.6. The van der Waals surface area contributed by atoms with Crippen LogP contribution in [0, 0.1) is 6.08 Å². The molecule has 4 N–H and O–H groups in total. The molecular weight excluding hydrogens is 274 g/mol. The van der Waals surface area contributed by atoms with Crippen molar-refractivity contribution in [2.24, 2.45) is 0 Å². The van der Waals surface area contributed by atoms with Crippen molar-refractivity contribution >= 4 is 11.6 Å². The zero-order valence-electron chi connectivity index (χ0n) is 10.1. The van der Waals surface area contributed by atoms with E-state index in [1.54, 1.807) is 0 Å². The summed E-state index contributed by atoms with van der Waals surface area (Å²) in [6.07, 6.45) is -4.79. The number of rotatable bonds is 2. The van der Waals surface area contributed by atoms with Gasteiger partial charge in [0.05, 0.1) is 6.61 Å². The molecule has 3 heterocycles. The highest BCUT2D eigenvalue weighted by molar-refractivity contribution is 5.48. The Balaban J connectivity index is 2.01. The maximum Gasteiger partial charge on any atom is 0.313 e. The molecule has 0 amide bonds. The summed E-state index contributed by atoms with van der Waals surface area (Å²) in [5, 5.41) is 18.6. The van der Waals surface area contributed by atoms with Crippen LogP contribution >= 0.6 is 0 Å². The third-order valence-corrected chi connectivity index (χ3v) is 3.31.